The third-order valence-electron chi connectivity index (χ3n) is 10.2. The summed E-state index contributed by atoms with van der Waals surface area (Å²) in [7, 11) is 0. The first kappa shape index (κ1) is 35.6. The lowest BCUT2D eigenvalue weighted by Crippen LogP contribution is -2.46. The zero-order valence-corrected chi connectivity index (χ0v) is 29.9. The van der Waals surface area contributed by atoms with Crippen molar-refractivity contribution in [1.29, 1.82) is 0 Å². The van der Waals surface area contributed by atoms with Gasteiger partial charge in [0.25, 0.3) is 5.56 Å². The minimum absolute atomic E-state index is 0.0394. The van der Waals surface area contributed by atoms with Gasteiger partial charge < -0.3 is 14.6 Å². The maximum atomic E-state index is 14.0. The number of ether oxygens (including phenoxy) is 2. The van der Waals surface area contributed by atoms with Crippen LogP contribution < -0.4 is 15.0 Å². The summed E-state index contributed by atoms with van der Waals surface area (Å²) in [6.07, 6.45) is -1.22. The van der Waals surface area contributed by atoms with Crippen molar-refractivity contribution in [3.8, 4) is 22.6 Å². The maximum absolute atomic E-state index is 14.0. The molecule has 2 aliphatic rings. The van der Waals surface area contributed by atoms with Gasteiger partial charge in [-0.25, -0.2) is 9.78 Å². The van der Waals surface area contributed by atoms with Gasteiger partial charge in [0.15, 0.2) is 0 Å². The smallest absolute Gasteiger partial charge is 0.491 e. The number of para-hydroxylation sites is 1. The van der Waals surface area contributed by atoms with Gasteiger partial charge in [-0.1, -0.05) is 29.8 Å². The van der Waals surface area contributed by atoms with Crippen LogP contribution >= 0.6 is 11.3 Å². The van der Waals surface area contributed by atoms with E-state index in [1.165, 1.54) is 17.4 Å². The number of carbonyl (C=O) groups is 1. The summed E-state index contributed by atoms with van der Waals surface area (Å²) in [4.78, 5) is 37.5. The minimum Gasteiger partial charge on any atom is -0.491 e. The first-order valence-corrected chi connectivity index (χ1v) is 18.3. The first-order chi connectivity index (χ1) is 24.9. The molecule has 1 aliphatic carbocycles. The zero-order chi connectivity index (χ0) is 36.7. The number of aromatic nitrogens is 3. The van der Waals surface area contributed by atoms with Crippen molar-refractivity contribution < 1.29 is 32.5 Å². The molecule has 3 aromatic heterocycles. The van der Waals surface area contributed by atoms with Crippen molar-refractivity contribution in [2.24, 2.45) is 0 Å². The average Bonchev–Trinajstić information content (AvgIpc) is 3.54. The molecule has 52 heavy (non-hydrogen) atoms. The molecule has 0 radical (unpaired) electrons. The van der Waals surface area contributed by atoms with Gasteiger partial charge in [-0.2, -0.15) is 0 Å². The molecule has 7 rings (SSSR count). The third-order valence-corrected chi connectivity index (χ3v) is 11.2. The Kier molecular flexibility index (Phi) is 9.83. The van der Waals surface area contributed by atoms with E-state index < -0.39 is 12.3 Å². The number of rotatable bonds is 9. The highest BCUT2D eigenvalue weighted by atomic mass is 32.1. The number of carboxylic acids is 1. The number of aryl methyl sites for hydroxylation is 4. The number of hydrogen-bond donors (Lipinski definition) is 1. The molecular formula is C39H39F3N4O5S. The van der Waals surface area contributed by atoms with Crippen LogP contribution in [0, 0.1) is 20.8 Å². The quantitative estimate of drug-likeness (QED) is 0.163. The van der Waals surface area contributed by atoms with E-state index in [4.69, 9.17) is 9.72 Å². The fourth-order valence-corrected chi connectivity index (χ4v) is 8.72. The van der Waals surface area contributed by atoms with Crippen molar-refractivity contribution >= 4 is 27.5 Å². The summed E-state index contributed by atoms with van der Waals surface area (Å²) in [5.41, 5.74) is 6.06. The molecule has 2 aromatic carbocycles. The number of aromatic carboxylic acids is 1. The molecule has 1 fully saturated rings. The lowest BCUT2D eigenvalue weighted by atomic mass is 9.85. The molecule has 0 unspecified atom stereocenters. The van der Waals surface area contributed by atoms with E-state index in [1.807, 2.05) is 45.0 Å². The Morgan fingerprint density at radius 3 is 2.52 bits per heavy atom. The number of hydrogen-bond acceptors (Lipinski definition) is 8. The second kappa shape index (κ2) is 14.3. The Balaban J connectivity index is 1.05. The molecule has 9 nitrogen and oxygen atoms in total. The molecule has 0 amide bonds. The summed E-state index contributed by atoms with van der Waals surface area (Å²) < 4.78 is 52.2. The van der Waals surface area contributed by atoms with Gasteiger partial charge >= 0.3 is 12.3 Å². The standard InChI is InChI=1S/C39H39F3N4O5S/c1-22-8-11-33(28(18-22)29-19-23(2)43-35-31(38(48)49)21-52-36(29)35)50-17-16-46-24(3)44-32-10-9-26(20-30(32)37(46)47)45-14-12-25(13-15-45)27-6-4-5-7-34(27)51-39(40,41)42/h4-8,11,18-19,21,25-26H,9-10,12-17,20H2,1-3H3,(H,48,49)/t26-/m0/s1. The maximum Gasteiger partial charge on any atom is 0.573 e. The second-order valence-corrected chi connectivity index (χ2v) is 14.5. The molecule has 272 valence electrons. The van der Waals surface area contributed by atoms with Crippen molar-refractivity contribution in [2.75, 3.05) is 19.7 Å². The monoisotopic (exact) mass is 732 g/mol. The molecule has 4 heterocycles. The molecule has 1 aliphatic heterocycles. The predicted octanol–water partition coefficient (Wildman–Crippen LogP) is 7.86. The topological polar surface area (TPSA) is 107 Å². The number of alkyl halides is 3. The van der Waals surface area contributed by atoms with Crippen molar-refractivity contribution in [1.82, 2.24) is 19.4 Å². The van der Waals surface area contributed by atoms with Crippen molar-refractivity contribution in [3.05, 3.63) is 104 Å². The molecule has 13 heteroatoms. The van der Waals surface area contributed by atoms with Crippen LogP contribution in [0.2, 0.25) is 0 Å². The van der Waals surface area contributed by atoms with Crippen molar-refractivity contribution in [3.63, 3.8) is 0 Å². The van der Waals surface area contributed by atoms with Gasteiger partial charge in [0.05, 0.1) is 28.0 Å². The van der Waals surface area contributed by atoms with Crippen LogP contribution in [-0.4, -0.2) is 62.6 Å². The number of piperidine rings is 1. The van der Waals surface area contributed by atoms with E-state index in [1.54, 1.807) is 28.1 Å². The average molecular weight is 733 g/mol. The molecular weight excluding hydrogens is 694 g/mol. The normalized spacial score (nSPS) is 16.9. The van der Waals surface area contributed by atoms with Gasteiger partial charge in [-0.05, 0) is 102 Å². The number of fused-ring (bicyclic) bond motifs is 2. The largest absolute Gasteiger partial charge is 0.573 e. The Morgan fingerprint density at radius 2 is 1.77 bits per heavy atom. The molecule has 0 spiro atoms. The summed E-state index contributed by atoms with van der Waals surface area (Å²) in [6, 6.07) is 14.3. The summed E-state index contributed by atoms with van der Waals surface area (Å²) in [6.45, 7) is 7.61. The van der Waals surface area contributed by atoms with Crippen LogP contribution in [0.4, 0.5) is 13.2 Å². The number of benzene rings is 2. The van der Waals surface area contributed by atoms with E-state index in [-0.39, 0.29) is 35.4 Å². The molecule has 1 atom stereocenters. The summed E-state index contributed by atoms with van der Waals surface area (Å²) >= 11 is 1.34. The fourth-order valence-electron chi connectivity index (χ4n) is 7.71. The van der Waals surface area contributed by atoms with Gasteiger partial charge in [-0.3, -0.25) is 19.2 Å². The first-order valence-electron chi connectivity index (χ1n) is 17.4. The third kappa shape index (κ3) is 7.29. The Morgan fingerprint density at radius 1 is 1.00 bits per heavy atom. The van der Waals surface area contributed by atoms with Crippen LogP contribution in [0.1, 0.15) is 69.4 Å². The fraction of sp³-hybridized carbons (Fsp3) is 0.385. The van der Waals surface area contributed by atoms with Crippen molar-refractivity contribution in [2.45, 2.75) is 77.7 Å². The van der Waals surface area contributed by atoms with E-state index >= 15 is 0 Å². The second-order valence-electron chi connectivity index (χ2n) is 13.6. The van der Waals surface area contributed by atoms with E-state index in [9.17, 15) is 27.9 Å². The number of nitrogens with zero attached hydrogens (tertiary/aromatic N) is 4. The van der Waals surface area contributed by atoms with E-state index in [0.29, 0.717) is 66.1 Å². The summed E-state index contributed by atoms with van der Waals surface area (Å²) in [5, 5.41) is 11.3. The van der Waals surface area contributed by atoms with Gasteiger partial charge in [0.1, 0.15) is 23.9 Å². The van der Waals surface area contributed by atoms with Gasteiger partial charge in [0, 0.05) is 33.8 Å². The number of thiophene rings is 1. The molecule has 5 aromatic rings. The molecule has 0 bridgehead atoms. The predicted molar refractivity (Wildman–Crippen MR) is 193 cm³/mol. The minimum atomic E-state index is -4.74. The van der Waals surface area contributed by atoms with Crippen LogP contribution in [0.25, 0.3) is 21.3 Å². The number of likely N-dealkylation sites (tertiary alicyclic amines) is 1. The highest BCUT2D eigenvalue weighted by Crippen LogP contribution is 2.40. The Labute approximate surface area is 302 Å². The van der Waals surface area contributed by atoms with E-state index in [2.05, 4.69) is 14.6 Å². The van der Waals surface area contributed by atoms with Crippen LogP contribution in [0.5, 0.6) is 11.5 Å². The number of carboxylic acid groups (broad SMARTS) is 1. The lowest BCUT2D eigenvalue weighted by Gasteiger charge is -2.39. The number of pyridine rings is 1. The lowest BCUT2D eigenvalue weighted by molar-refractivity contribution is -0.275. The highest BCUT2D eigenvalue weighted by Gasteiger charge is 2.35. The van der Waals surface area contributed by atoms with Crippen LogP contribution in [-0.2, 0) is 19.4 Å². The van der Waals surface area contributed by atoms with Gasteiger partial charge in [0.2, 0.25) is 0 Å². The highest BCUT2D eigenvalue weighted by molar-refractivity contribution is 7.18. The van der Waals surface area contributed by atoms with Crippen LogP contribution in [0.3, 0.4) is 0 Å². The molecule has 1 N–H and O–H groups in total. The van der Waals surface area contributed by atoms with Crippen LogP contribution in [0.15, 0.2) is 58.7 Å². The molecule has 1 saturated heterocycles. The SMILES string of the molecule is Cc1ccc(OCCn2c(C)nc3c(c2=O)C[C@@H](N2CCC(c4ccccc4OC(F)(F)F)CC2)CC3)c(-c2cc(C)nc3c(C(=O)O)csc23)c1. The number of halogens is 3. The van der Waals surface area contributed by atoms with E-state index in [0.717, 1.165) is 46.6 Å². The summed E-state index contributed by atoms with van der Waals surface area (Å²) in [5.74, 6) is 0.0530. The Bertz CT molecular complexity index is 2210. The molecule has 0 saturated carbocycles. The van der Waals surface area contributed by atoms with Gasteiger partial charge in [-0.15, -0.1) is 24.5 Å². The zero-order valence-electron chi connectivity index (χ0n) is 29.1. The Hall–Kier alpha value is -4.75.